The van der Waals surface area contributed by atoms with Crippen molar-refractivity contribution < 1.29 is 19.1 Å². The van der Waals surface area contributed by atoms with Crippen molar-refractivity contribution in [2.45, 2.75) is 19.9 Å². The summed E-state index contributed by atoms with van der Waals surface area (Å²) in [6.45, 7) is 3.63. The molecule has 4 rings (SSSR count). The maximum absolute atomic E-state index is 13.0. The van der Waals surface area contributed by atoms with Crippen LogP contribution < -0.4 is 10.2 Å². The molecular weight excluding hydrogens is 368 g/mol. The largest absolute Gasteiger partial charge is 0.462 e. The molecule has 146 valence electrons. The first kappa shape index (κ1) is 18.7. The summed E-state index contributed by atoms with van der Waals surface area (Å²) >= 11 is 0. The summed E-state index contributed by atoms with van der Waals surface area (Å²) < 4.78 is 5.05. The van der Waals surface area contributed by atoms with E-state index in [0.29, 0.717) is 16.9 Å². The molecule has 1 aliphatic heterocycles. The lowest BCUT2D eigenvalue weighted by Gasteiger charge is -2.25. The van der Waals surface area contributed by atoms with Crippen LogP contribution in [-0.4, -0.2) is 30.4 Å². The summed E-state index contributed by atoms with van der Waals surface area (Å²) in [6.07, 6.45) is 0. The van der Waals surface area contributed by atoms with Crippen molar-refractivity contribution in [3.05, 3.63) is 71.8 Å². The number of amides is 2. The SMILES string of the molecule is CCOC(=O)c1ccccc1NC(=O)[C@@H](C)N1C(=O)c2cccc3cccc1c23. The molecule has 6 nitrogen and oxygen atoms in total. The summed E-state index contributed by atoms with van der Waals surface area (Å²) in [5.74, 6) is -1.11. The van der Waals surface area contributed by atoms with Crippen LogP contribution >= 0.6 is 0 Å². The number of carbonyl (C=O) groups excluding carboxylic acids is 3. The number of benzene rings is 3. The molecule has 0 saturated heterocycles. The van der Waals surface area contributed by atoms with Crippen molar-refractivity contribution in [1.29, 1.82) is 0 Å². The number of hydrogen-bond acceptors (Lipinski definition) is 4. The minimum absolute atomic E-state index is 0.210. The number of hydrogen-bond donors (Lipinski definition) is 1. The van der Waals surface area contributed by atoms with E-state index in [1.807, 2.05) is 30.3 Å². The van der Waals surface area contributed by atoms with Crippen molar-refractivity contribution >= 4 is 39.9 Å². The van der Waals surface area contributed by atoms with Gasteiger partial charge in [0.1, 0.15) is 6.04 Å². The van der Waals surface area contributed by atoms with Gasteiger partial charge in [0.05, 0.1) is 23.5 Å². The Kier molecular flexibility index (Phi) is 4.76. The van der Waals surface area contributed by atoms with E-state index in [1.54, 1.807) is 44.2 Å². The second kappa shape index (κ2) is 7.39. The molecule has 3 aromatic carbocycles. The summed E-state index contributed by atoms with van der Waals surface area (Å²) in [6, 6.07) is 17.1. The molecule has 1 atom stereocenters. The van der Waals surface area contributed by atoms with Crippen LogP contribution in [-0.2, 0) is 9.53 Å². The van der Waals surface area contributed by atoms with Gasteiger partial charge in [-0.3, -0.25) is 14.5 Å². The fourth-order valence-electron chi connectivity index (χ4n) is 3.66. The van der Waals surface area contributed by atoms with Crippen molar-refractivity contribution in [3.63, 3.8) is 0 Å². The zero-order valence-electron chi connectivity index (χ0n) is 16.1. The van der Waals surface area contributed by atoms with Gasteiger partial charge >= 0.3 is 5.97 Å². The lowest BCUT2D eigenvalue weighted by molar-refractivity contribution is -0.117. The van der Waals surface area contributed by atoms with E-state index in [4.69, 9.17) is 4.74 Å². The number of para-hydroxylation sites is 1. The van der Waals surface area contributed by atoms with Crippen LogP contribution in [0.4, 0.5) is 11.4 Å². The highest BCUT2D eigenvalue weighted by molar-refractivity contribution is 6.27. The van der Waals surface area contributed by atoms with Crippen LogP contribution in [0.5, 0.6) is 0 Å². The average Bonchev–Trinajstić information content (AvgIpc) is 3.02. The molecule has 0 bridgehead atoms. The molecule has 29 heavy (non-hydrogen) atoms. The Morgan fingerprint density at radius 1 is 1.03 bits per heavy atom. The standard InChI is InChI=1S/C23H20N2O4/c1-3-29-23(28)16-10-4-5-12-18(16)24-21(26)14(2)25-19-13-7-9-15-8-6-11-17(20(15)19)22(25)27/h4-14H,3H2,1-2H3,(H,24,26)/t14-/m1/s1. The van der Waals surface area contributed by atoms with Gasteiger partial charge in [-0.15, -0.1) is 0 Å². The van der Waals surface area contributed by atoms with Gasteiger partial charge < -0.3 is 10.1 Å². The second-order valence-electron chi connectivity index (χ2n) is 6.79. The highest BCUT2D eigenvalue weighted by Gasteiger charge is 2.36. The number of nitrogens with one attached hydrogen (secondary N) is 1. The number of esters is 1. The van der Waals surface area contributed by atoms with E-state index >= 15 is 0 Å². The number of nitrogens with zero attached hydrogens (tertiary/aromatic N) is 1. The molecule has 1 heterocycles. The van der Waals surface area contributed by atoms with Crippen LogP contribution in [0.15, 0.2) is 60.7 Å². The minimum Gasteiger partial charge on any atom is -0.462 e. The zero-order chi connectivity index (χ0) is 20.5. The van der Waals surface area contributed by atoms with E-state index < -0.39 is 12.0 Å². The summed E-state index contributed by atoms with van der Waals surface area (Å²) in [4.78, 5) is 39.7. The number of anilines is 2. The normalized spacial score (nSPS) is 13.4. The van der Waals surface area contributed by atoms with Gasteiger partial charge in [-0.05, 0) is 43.5 Å². The van der Waals surface area contributed by atoms with Crippen molar-refractivity contribution in [1.82, 2.24) is 0 Å². The maximum atomic E-state index is 13.0. The lowest BCUT2D eigenvalue weighted by atomic mass is 10.1. The number of rotatable bonds is 5. The first-order valence-electron chi connectivity index (χ1n) is 9.45. The maximum Gasteiger partial charge on any atom is 0.340 e. The monoisotopic (exact) mass is 388 g/mol. The molecule has 0 aliphatic carbocycles. The predicted octanol–water partition coefficient (Wildman–Crippen LogP) is 4.00. The van der Waals surface area contributed by atoms with Crippen LogP contribution in [0, 0.1) is 0 Å². The van der Waals surface area contributed by atoms with Crippen LogP contribution in [0.25, 0.3) is 10.8 Å². The lowest BCUT2D eigenvalue weighted by Crippen LogP contribution is -2.44. The molecule has 3 aromatic rings. The molecule has 0 aromatic heterocycles. The minimum atomic E-state index is -0.768. The van der Waals surface area contributed by atoms with E-state index in [9.17, 15) is 14.4 Å². The first-order valence-corrected chi connectivity index (χ1v) is 9.45. The third kappa shape index (κ3) is 3.12. The van der Waals surface area contributed by atoms with Crippen LogP contribution in [0.3, 0.4) is 0 Å². The Hall–Kier alpha value is -3.67. The molecule has 0 unspecified atom stereocenters. The van der Waals surface area contributed by atoms with Crippen LogP contribution in [0.1, 0.15) is 34.6 Å². The molecule has 2 amide bonds. The first-order chi connectivity index (χ1) is 14.0. The number of carbonyl (C=O) groups is 3. The smallest absolute Gasteiger partial charge is 0.340 e. The Bertz CT molecular complexity index is 1130. The molecule has 0 radical (unpaired) electrons. The van der Waals surface area contributed by atoms with Crippen molar-refractivity contribution in [2.24, 2.45) is 0 Å². The van der Waals surface area contributed by atoms with Gasteiger partial charge in [0.25, 0.3) is 5.91 Å². The van der Waals surface area contributed by atoms with Crippen LogP contribution in [0.2, 0.25) is 0 Å². The fraction of sp³-hybridized carbons (Fsp3) is 0.174. The van der Waals surface area contributed by atoms with E-state index in [0.717, 1.165) is 10.8 Å². The molecule has 0 fully saturated rings. The molecule has 0 saturated carbocycles. The van der Waals surface area contributed by atoms with E-state index in [1.165, 1.54) is 4.90 Å². The average molecular weight is 388 g/mol. The summed E-state index contributed by atoms with van der Waals surface area (Å²) in [5, 5.41) is 4.58. The third-order valence-corrected chi connectivity index (χ3v) is 5.04. The van der Waals surface area contributed by atoms with Gasteiger partial charge in [-0.2, -0.15) is 0 Å². The number of ether oxygens (including phenoxy) is 1. The predicted molar refractivity (Wildman–Crippen MR) is 111 cm³/mol. The summed E-state index contributed by atoms with van der Waals surface area (Å²) in [7, 11) is 0. The Morgan fingerprint density at radius 3 is 2.52 bits per heavy atom. The zero-order valence-corrected chi connectivity index (χ0v) is 16.1. The van der Waals surface area contributed by atoms with Gasteiger partial charge in [0.2, 0.25) is 5.91 Å². The molecule has 6 heteroatoms. The molecule has 1 aliphatic rings. The van der Waals surface area contributed by atoms with E-state index in [-0.39, 0.29) is 24.0 Å². The topological polar surface area (TPSA) is 75.7 Å². The van der Waals surface area contributed by atoms with Gasteiger partial charge in [-0.1, -0.05) is 36.4 Å². The third-order valence-electron chi connectivity index (χ3n) is 5.04. The molecule has 1 N–H and O–H groups in total. The van der Waals surface area contributed by atoms with Gasteiger partial charge in [0.15, 0.2) is 0 Å². The Morgan fingerprint density at radius 2 is 1.76 bits per heavy atom. The Balaban J connectivity index is 1.63. The van der Waals surface area contributed by atoms with E-state index in [2.05, 4.69) is 5.32 Å². The second-order valence-corrected chi connectivity index (χ2v) is 6.79. The van der Waals surface area contributed by atoms with Gasteiger partial charge in [0, 0.05) is 10.9 Å². The quantitative estimate of drug-likeness (QED) is 0.670. The molecule has 0 spiro atoms. The fourth-order valence-corrected chi connectivity index (χ4v) is 3.66. The van der Waals surface area contributed by atoms with Crippen molar-refractivity contribution in [2.75, 3.05) is 16.8 Å². The summed E-state index contributed by atoms with van der Waals surface area (Å²) in [5.41, 5.74) is 1.92. The Labute approximate surface area is 168 Å². The highest BCUT2D eigenvalue weighted by Crippen LogP contribution is 2.38. The molecular formula is C23H20N2O4. The van der Waals surface area contributed by atoms with Gasteiger partial charge in [-0.25, -0.2) is 4.79 Å². The highest BCUT2D eigenvalue weighted by atomic mass is 16.5. The van der Waals surface area contributed by atoms with Crippen molar-refractivity contribution in [3.8, 4) is 0 Å².